The molecule has 0 fully saturated rings. The van der Waals surface area contributed by atoms with E-state index in [2.05, 4.69) is 40.4 Å². The summed E-state index contributed by atoms with van der Waals surface area (Å²) < 4.78 is 0. The van der Waals surface area contributed by atoms with Gasteiger partial charge in [0, 0.05) is 5.69 Å². The third-order valence-corrected chi connectivity index (χ3v) is 5.46. The van der Waals surface area contributed by atoms with E-state index in [1.807, 2.05) is 43.3 Å². The predicted molar refractivity (Wildman–Crippen MR) is 98.1 cm³/mol. The number of allylic oxidation sites excluding steroid dienone is 1. The molecule has 3 rings (SSSR count). The Bertz CT molecular complexity index is 775. The summed E-state index contributed by atoms with van der Waals surface area (Å²) >= 11 is 0. The second-order valence-electron chi connectivity index (χ2n) is 4.82. The molecule has 1 aromatic heterocycles. The maximum absolute atomic E-state index is 4.58. The van der Waals surface area contributed by atoms with E-state index in [0.29, 0.717) is 0 Å². The molecule has 0 radical (unpaired) electrons. The summed E-state index contributed by atoms with van der Waals surface area (Å²) in [5, 5.41) is 5.47. The smallest absolute Gasteiger partial charge is 0.177 e. The second-order valence-corrected chi connectivity index (χ2v) is 6.98. The number of aromatic amines is 1. The van der Waals surface area contributed by atoms with Crippen molar-refractivity contribution in [3.8, 4) is 0 Å². The first-order valence-corrected chi connectivity index (χ1v) is 9.19. The van der Waals surface area contributed by atoms with E-state index in [1.54, 1.807) is 21.6 Å². The zero-order valence-corrected chi connectivity index (χ0v) is 14.1. The van der Waals surface area contributed by atoms with E-state index in [9.17, 15) is 0 Å². The number of fused-ring (bicyclic) bond motifs is 1. The van der Waals surface area contributed by atoms with Crippen molar-refractivity contribution in [2.45, 2.75) is 19.0 Å². The van der Waals surface area contributed by atoms with Crippen LogP contribution in [-0.2, 0) is 0 Å². The van der Waals surface area contributed by atoms with Gasteiger partial charge in [-0.15, -0.1) is 0 Å². The van der Waals surface area contributed by atoms with Gasteiger partial charge in [-0.3, -0.25) is 0 Å². The average molecular weight is 327 g/mol. The Kier molecular flexibility index (Phi) is 4.75. The zero-order valence-electron chi connectivity index (χ0n) is 12.5. The van der Waals surface area contributed by atoms with Crippen LogP contribution in [0.4, 0.5) is 5.69 Å². The molecule has 0 unspecified atom stereocenters. The molecule has 5 heteroatoms. The highest BCUT2D eigenvalue weighted by Crippen LogP contribution is 2.36. The van der Waals surface area contributed by atoms with Crippen molar-refractivity contribution >= 4 is 38.3 Å². The van der Waals surface area contributed by atoms with Crippen LogP contribution in [0.1, 0.15) is 12.5 Å². The highest BCUT2D eigenvalue weighted by molar-refractivity contribution is 8.78. The largest absolute Gasteiger partial charge is 0.350 e. The zero-order chi connectivity index (χ0) is 15.4. The minimum Gasteiger partial charge on any atom is -0.350 e. The third-order valence-electron chi connectivity index (χ3n) is 3.24. The molecular formula is C17H17N3S2. The SMILES string of the molecule is C/C=C(\Nc1ccccc1C)SSc1nc2ccccc2[nH]1. The number of para-hydroxylation sites is 3. The monoisotopic (exact) mass is 327 g/mol. The summed E-state index contributed by atoms with van der Waals surface area (Å²) in [7, 11) is 3.29. The van der Waals surface area contributed by atoms with Crippen molar-refractivity contribution in [2.75, 3.05) is 5.32 Å². The quantitative estimate of drug-likeness (QED) is 0.600. The molecule has 2 aromatic carbocycles. The minimum atomic E-state index is 0.914. The molecule has 0 saturated heterocycles. The molecule has 112 valence electrons. The van der Waals surface area contributed by atoms with Gasteiger partial charge in [0.15, 0.2) is 5.16 Å². The van der Waals surface area contributed by atoms with Gasteiger partial charge in [0.1, 0.15) is 0 Å². The summed E-state index contributed by atoms with van der Waals surface area (Å²) in [6.07, 6.45) is 2.08. The van der Waals surface area contributed by atoms with Crippen molar-refractivity contribution in [3.63, 3.8) is 0 Å². The van der Waals surface area contributed by atoms with Crippen molar-refractivity contribution in [2.24, 2.45) is 0 Å². The number of imidazole rings is 1. The van der Waals surface area contributed by atoms with Gasteiger partial charge in [-0.05, 0) is 59.2 Å². The fourth-order valence-corrected chi connectivity index (χ4v) is 3.90. The molecular weight excluding hydrogens is 310 g/mol. The second kappa shape index (κ2) is 6.94. The molecule has 3 nitrogen and oxygen atoms in total. The lowest BCUT2D eigenvalue weighted by Gasteiger charge is -2.11. The van der Waals surface area contributed by atoms with Crippen LogP contribution in [0.25, 0.3) is 11.0 Å². The van der Waals surface area contributed by atoms with Crippen molar-refractivity contribution < 1.29 is 0 Å². The lowest BCUT2D eigenvalue weighted by molar-refractivity contribution is 1.09. The van der Waals surface area contributed by atoms with E-state index in [0.717, 1.165) is 26.9 Å². The molecule has 0 atom stereocenters. The maximum atomic E-state index is 4.58. The summed E-state index contributed by atoms with van der Waals surface area (Å²) in [5.74, 6) is 0. The van der Waals surface area contributed by atoms with Gasteiger partial charge >= 0.3 is 0 Å². The first-order valence-electron chi connectivity index (χ1n) is 7.04. The van der Waals surface area contributed by atoms with Crippen LogP contribution in [0.2, 0.25) is 0 Å². The molecule has 0 aliphatic rings. The highest BCUT2D eigenvalue weighted by Gasteiger charge is 2.06. The normalized spacial score (nSPS) is 11.8. The van der Waals surface area contributed by atoms with E-state index in [1.165, 1.54) is 5.56 Å². The van der Waals surface area contributed by atoms with Gasteiger partial charge in [-0.1, -0.05) is 36.4 Å². The van der Waals surface area contributed by atoms with E-state index >= 15 is 0 Å². The number of nitrogens with one attached hydrogen (secondary N) is 2. The molecule has 3 aromatic rings. The molecule has 0 spiro atoms. The fraction of sp³-hybridized carbons (Fsp3) is 0.118. The Morgan fingerprint density at radius 3 is 2.68 bits per heavy atom. The molecule has 0 aliphatic heterocycles. The van der Waals surface area contributed by atoms with Crippen LogP contribution in [0.3, 0.4) is 0 Å². The number of rotatable bonds is 5. The van der Waals surface area contributed by atoms with E-state index < -0.39 is 0 Å². The first kappa shape index (κ1) is 15.1. The molecule has 0 bridgehead atoms. The highest BCUT2D eigenvalue weighted by atomic mass is 33.1. The Morgan fingerprint density at radius 1 is 1.14 bits per heavy atom. The van der Waals surface area contributed by atoms with Crippen LogP contribution >= 0.6 is 21.6 Å². The number of H-pyrrole nitrogens is 1. The summed E-state index contributed by atoms with van der Waals surface area (Å²) in [6, 6.07) is 16.4. The molecule has 1 heterocycles. The van der Waals surface area contributed by atoms with Crippen LogP contribution in [0.15, 0.2) is 64.8 Å². The van der Waals surface area contributed by atoms with Gasteiger partial charge < -0.3 is 10.3 Å². The fourth-order valence-electron chi connectivity index (χ4n) is 2.04. The van der Waals surface area contributed by atoms with Gasteiger partial charge in [0.2, 0.25) is 0 Å². The Morgan fingerprint density at radius 2 is 1.91 bits per heavy atom. The molecule has 0 aliphatic carbocycles. The number of aryl methyl sites for hydroxylation is 1. The van der Waals surface area contributed by atoms with Gasteiger partial charge in [0.25, 0.3) is 0 Å². The molecule has 2 N–H and O–H groups in total. The molecule has 0 saturated carbocycles. The van der Waals surface area contributed by atoms with Gasteiger partial charge in [0.05, 0.1) is 16.1 Å². The number of hydrogen-bond donors (Lipinski definition) is 2. The van der Waals surface area contributed by atoms with E-state index in [4.69, 9.17) is 0 Å². The van der Waals surface area contributed by atoms with E-state index in [-0.39, 0.29) is 0 Å². The Labute approximate surface area is 138 Å². The molecule has 0 amide bonds. The predicted octanol–water partition coefficient (Wildman–Crippen LogP) is 5.59. The van der Waals surface area contributed by atoms with Crippen LogP contribution in [0.5, 0.6) is 0 Å². The molecule has 22 heavy (non-hydrogen) atoms. The summed E-state index contributed by atoms with van der Waals surface area (Å²) in [5.41, 5.74) is 4.43. The van der Waals surface area contributed by atoms with Gasteiger partial charge in [-0.2, -0.15) is 0 Å². The first-order chi connectivity index (χ1) is 10.8. The number of aromatic nitrogens is 2. The maximum Gasteiger partial charge on any atom is 0.177 e. The summed E-state index contributed by atoms with van der Waals surface area (Å²) in [4.78, 5) is 7.90. The number of benzene rings is 2. The number of nitrogens with zero attached hydrogens (tertiary/aromatic N) is 1. The van der Waals surface area contributed by atoms with Crippen LogP contribution in [-0.4, -0.2) is 9.97 Å². The minimum absolute atomic E-state index is 0.914. The summed E-state index contributed by atoms with van der Waals surface area (Å²) in [6.45, 7) is 4.14. The third kappa shape index (κ3) is 3.48. The number of hydrogen-bond acceptors (Lipinski definition) is 4. The van der Waals surface area contributed by atoms with Crippen LogP contribution in [0, 0.1) is 6.92 Å². The number of anilines is 1. The standard InChI is InChI=1S/C17H17N3S2/c1-3-16(18-13-9-5-4-8-12(13)2)21-22-17-19-14-10-6-7-11-15(14)20-17/h3-11,18H,1-2H3,(H,19,20)/b16-3+. The lowest BCUT2D eigenvalue weighted by atomic mass is 10.2. The topological polar surface area (TPSA) is 40.7 Å². The Balaban J connectivity index is 1.67. The van der Waals surface area contributed by atoms with Crippen molar-refractivity contribution in [1.82, 2.24) is 9.97 Å². The Hall–Kier alpha value is -1.85. The van der Waals surface area contributed by atoms with Gasteiger partial charge in [-0.25, -0.2) is 4.98 Å². The average Bonchev–Trinajstić information content (AvgIpc) is 2.96. The van der Waals surface area contributed by atoms with Crippen molar-refractivity contribution in [1.29, 1.82) is 0 Å². The van der Waals surface area contributed by atoms with Crippen LogP contribution < -0.4 is 5.32 Å². The van der Waals surface area contributed by atoms with Crippen molar-refractivity contribution in [3.05, 3.63) is 65.2 Å². The lowest BCUT2D eigenvalue weighted by Crippen LogP contribution is -1.96.